The molecule has 1 aliphatic rings. The summed E-state index contributed by atoms with van der Waals surface area (Å²) < 4.78 is 0.952. The van der Waals surface area contributed by atoms with Gasteiger partial charge in [0.05, 0.1) is 12.1 Å². The Morgan fingerprint density at radius 2 is 1.73 bits per heavy atom. The highest BCUT2D eigenvalue weighted by Gasteiger charge is 2.27. The topological polar surface area (TPSA) is 70.2 Å². The Labute approximate surface area is 188 Å². The molecule has 5 nitrogen and oxygen atoms in total. The number of aryl methyl sites for hydroxylation is 1. The van der Waals surface area contributed by atoms with Gasteiger partial charge in [-0.25, -0.2) is 0 Å². The summed E-state index contributed by atoms with van der Waals surface area (Å²) in [5.74, 6) is -0.326. The van der Waals surface area contributed by atoms with E-state index in [1.165, 1.54) is 16.2 Å². The Hall–Kier alpha value is -2.48. The number of carbonyl (C=O) groups excluding carboxylic acids is 2. The lowest BCUT2D eigenvalue weighted by atomic mass is 10.1. The number of fused-ring (bicyclic) bond motifs is 1. The molecule has 0 saturated heterocycles. The molecule has 154 valence electrons. The molecule has 2 amide bonds. The van der Waals surface area contributed by atoms with E-state index in [0.717, 1.165) is 40.5 Å². The minimum absolute atomic E-state index is 0.149. The number of benzene rings is 2. The predicted octanol–water partition coefficient (Wildman–Crippen LogP) is 4.98. The maximum atomic E-state index is 13.0. The first kappa shape index (κ1) is 20.8. The number of anilines is 2. The van der Waals surface area contributed by atoms with Crippen molar-refractivity contribution in [3.8, 4) is 0 Å². The van der Waals surface area contributed by atoms with Gasteiger partial charge in [0, 0.05) is 21.6 Å². The van der Waals surface area contributed by atoms with E-state index >= 15 is 0 Å². The summed E-state index contributed by atoms with van der Waals surface area (Å²) in [5.41, 5.74) is 3.52. The van der Waals surface area contributed by atoms with Crippen LogP contribution >= 0.6 is 27.3 Å². The van der Waals surface area contributed by atoms with E-state index in [1.807, 2.05) is 54.6 Å². The number of amides is 2. The maximum absolute atomic E-state index is 13.0. The van der Waals surface area contributed by atoms with Crippen molar-refractivity contribution in [1.29, 1.82) is 0 Å². The lowest BCUT2D eigenvalue weighted by molar-refractivity contribution is -0.115. The first-order chi connectivity index (χ1) is 14.6. The quantitative estimate of drug-likeness (QED) is 0.443. The van der Waals surface area contributed by atoms with Crippen LogP contribution in [0.5, 0.6) is 0 Å². The minimum atomic E-state index is -0.177. The Kier molecular flexibility index (Phi) is 6.62. The Bertz CT molecular complexity index is 1050. The van der Waals surface area contributed by atoms with Gasteiger partial charge in [-0.2, -0.15) is 0 Å². The number of hydrogen-bond acceptors (Lipinski definition) is 4. The molecule has 0 saturated carbocycles. The van der Waals surface area contributed by atoms with Gasteiger partial charge in [-0.1, -0.05) is 46.3 Å². The standard InChI is InChI=1S/C23H22BrN3O2S/c24-16-9-11-17(12-10-16)26-22(29)21-18-7-4-8-19(18)30-23(21)27-20(28)14-25-13-15-5-2-1-3-6-15/h1-3,5-6,9-12,25H,4,7-8,13-14H2,(H,26,29)(H,27,28). The van der Waals surface area contributed by atoms with Gasteiger partial charge in [0.1, 0.15) is 5.00 Å². The molecule has 2 aromatic carbocycles. The second-order valence-electron chi connectivity index (χ2n) is 7.16. The van der Waals surface area contributed by atoms with Crippen LogP contribution in [0.3, 0.4) is 0 Å². The molecule has 0 radical (unpaired) electrons. The first-order valence-corrected chi connectivity index (χ1v) is 11.5. The van der Waals surface area contributed by atoms with Crippen molar-refractivity contribution in [3.05, 3.63) is 80.6 Å². The van der Waals surface area contributed by atoms with Crippen molar-refractivity contribution in [2.45, 2.75) is 25.8 Å². The molecule has 30 heavy (non-hydrogen) atoms. The third-order valence-corrected chi connectivity index (χ3v) is 6.70. The molecule has 3 aromatic rings. The van der Waals surface area contributed by atoms with Crippen LogP contribution in [0.25, 0.3) is 0 Å². The van der Waals surface area contributed by atoms with Crippen molar-refractivity contribution < 1.29 is 9.59 Å². The number of thiophene rings is 1. The highest BCUT2D eigenvalue weighted by molar-refractivity contribution is 9.10. The smallest absolute Gasteiger partial charge is 0.258 e. The number of hydrogen-bond donors (Lipinski definition) is 3. The molecule has 1 aliphatic carbocycles. The van der Waals surface area contributed by atoms with Crippen LogP contribution in [-0.2, 0) is 24.2 Å². The Balaban J connectivity index is 1.43. The van der Waals surface area contributed by atoms with E-state index in [0.29, 0.717) is 17.1 Å². The molecule has 0 spiro atoms. The number of halogens is 1. The van der Waals surface area contributed by atoms with Crippen LogP contribution < -0.4 is 16.0 Å². The van der Waals surface area contributed by atoms with Crippen molar-refractivity contribution in [3.63, 3.8) is 0 Å². The van der Waals surface area contributed by atoms with E-state index < -0.39 is 0 Å². The number of rotatable bonds is 7. The largest absolute Gasteiger partial charge is 0.322 e. The van der Waals surface area contributed by atoms with Gasteiger partial charge in [-0.3, -0.25) is 9.59 Å². The SMILES string of the molecule is O=C(CNCc1ccccc1)Nc1sc2c(c1C(=O)Nc1ccc(Br)cc1)CCC2. The van der Waals surface area contributed by atoms with Crippen LogP contribution in [0.2, 0.25) is 0 Å². The fourth-order valence-corrected chi connectivity index (χ4v) is 5.11. The molecule has 1 heterocycles. The first-order valence-electron chi connectivity index (χ1n) is 9.86. The molecule has 1 aromatic heterocycles. The summed E-state index contributed by atoms with van der Waals surface area (Å²) in [4.78, 5) is 26.7. The van der Waals surface area contributed by atoms with Gasteiger partial charge in [-0.15, -0.1) is 11.3 Å². The third-order valence-electron chi connectivity index (χ3n) is 4.96. The van der Waals surface area contributed by atoms with Crippen molar-refractivity contribution >= 4 is 49.8 Å². The van der Waals surface area contributed by atoms with Crippen molar-refractivity contribution in [1.82, 2.24) is 5.32 Å². The van der Waals surface area contributed by atoms with Crippen molar-refractivity contribution in [2.75, 3.05) is 17.2 Å². The maximum Gasteiger partial charge on any atom is 0.258 e. The zero-order valence-corrected chi connectivity index (χ0v) is 18.7. The summed E-state index contributed by atoms with van der Waals surface area (Å²) in [6, 6.07) is 17.4. The van der Waals surface area contributed by atoms with E-state index in [2.05, 4.69) is 31.9 Å². The fourth-order valence-electron chi connectivity index (χ4n) is 3.55. The molecule has 3 N–H and O–H groups in total. The normalized spacial score (nSPS) is 12.4. The van der Waals surface area contributed by atoms with Gasteiger partial charge in [0.15, 0.2) is 0 Å². The van der Waals surface area contributed by atoms with Crippen LogP contribution in [-0.4, -0.2) is 18.4 Å². The summed E-state index contributed by atoms with van der Waals surface area (Å²) in [7, 11) is 0. The average molecular weight is 484 g/mol. The summed E-state index contributed by atoms with van der Waals surface area (Å²) in [5, 5.41) is 9.70. The summed E-state index contributed by atoms with van der Waals surface area (Å²) in [6.07, 6.45) is 2.88. The molecule has 0 bridgehead atoms. The van der Waals surface area contributed by atoms with Crippen LogP contribution in [0.1, 0.15) is 32.8 Å². The number of nitrogens with one attached hydrogen (secondary N) is 3. The van der Waals surface area contributed by atoms with Crippen LogP contribution in [0.4, 0.5) is 10.7 Å². The molecule has 0 aliphatic heterocycles. The molecule has 4 rings (SSSR count). The second kappa shape index (κ2) is 9.55. The molecular weight excluding hydrogens is 462 g/mol. The average Bonchev–Trinajstić information content (AvgIpc) is 3.31. The Morgan fingerprint density at radius 3 is 2.50 bits per heavy atom. The molecule has 7 heteroatoms. The van der Waals surface area contributed by atoms with E-state index in [4.69, 9.17) is 0 Å². The summed E-state index contributed by atoms with van der Waals surface area (Å²) >= 11 is 4.92. The highest BCUT2D eigenvalue weighted by Crippen LogP contribution is 2.39. The van der Waals surface area contributed by atoms with E-state index in [-0.39, 0.29) is 18.4 Å². The summed E-state index contributed by atoms with van der Waals surface area (Å²) in [6.45, 7) is 0.803. The lowest BCUT2D eigenvalue weighted by Gasteiger charge is -2.10. The van der Waals surface area contributed by atoms with Crippen LogP contribution in [0.15, 0.2) is 59.1 Å². The monoisotopic (exact) mass is 483 g/mol. The van der Waals surface area contributed by atoms with Crippen molar-refractivity contribution in [2.24, 2.45) is 0 Å². The van der Waals surface area contributed by atoms with Gasteiger partial charge in [0.2, 0.25) is 5.91 Å². The minimum Gasteiger partial charge on any atom is -0.322 e. The van der Waals surface area contributed by atoms with E-state index in [1.54, 1.807) is 0 Å². The number of carbonyl (C=O) groups is 2. The lowest BCUT2D eigenvalue weighted by Crippen LogP contribution is -2.28. The van der Waals surface area contributed by atoms with E-state index in [9.17, 15) is 9.59 Å². The third kappa shape index (κ3) is 4.98. The van der Waals surface area contributed by atoms with Gasteiger partial charge >= 0.3 is 0 Å². The van der Waals surface area contributed by atoms with Gasteiger partial charge in [0.25, 0.3) is 5.91 Å². The van der Waals surface area contributed by atoms with Gasteiger partial charge < -0.3 is 16.0 Å². The predicted molar refractivity (Wildman–Crippen MR) is 125 cm³/mol. The van der Waals surface area contributed by atoms with Gasteiger partial charge in [-0.05, 0) is 54.7 Å². The second-order valence-corrected chi connectivity index (χ2v) is 9.18. The molecule has 0 atom stereocenters. The Morgan fingerprint density at radius 1 is 0.967 bits per heavy atom. The molecular formula is C23H22BrN3O2S. The molecule has 0 unspecified atom stereocenters. The molecule has 0 fully saturated rings. The zero-order valence-electron chi connectivity index (χ0n) is 16.3. The highest BCUT2D eigenvalue weighted by atomic mass is 79.9. The fraction of sp³-hybridized carbons (Fsp3) is 0.217. The zero-order chi connectivity index (χ0) is 20.9. The van der Waals surface area contributed by atoms with Crippen LogP contribution in [0, 0.1) is 0 Å².